The van der Waals surface area contributed by atoms with Crippen LogP contribution in [0.4, 0.5) is 4.39 Å². The van der Waals surface area contributed by atoms with E-state index in [1.807, 2.05) is 74.5 Å². The van der Waals surface area contributed by atoms with Crippen molar-refractivity contribution in [2.45, 2.75) is 32.0 Å². The molecule has 0 saturated heterocycles. The van der Waals surface area contributed by atoms with Crippen molar-refractivity contribution in [1.29, 1.82) is 0 Å². The Kier molecular flexibility index (Phi) is 5.36. The Morgan fingerprint density at radius 1 is 0.933 bits per heavy atom. The van der Waals surface area contributed by atoms with E-state index >= 15 is 0 Å². The van der Waals surface area contributed by atoms with Crippen LogP contribution in [0.15, 0.2) is 78.9 Å². The molecule has 2 amide bonds. The number of rotatable bonds is 5. The maximum Gasteiger partial charge on any atom is 0.255 e. The summed E-state index contributed by atoms with van der Waals surface area (Å²) >= 11 is 0. The molecule has 0 fully saturated rings. The molecule has 1 N–H and O–H groups in total. The third-order valence-corrected chi connectivity index (χ3v) is 5.66. The van der Waals surface area contributed by atoms with Crippen LogP contribution in [0.2, 0.25) is 0 Å². The monoisotopic (exact) mass is 402 g/mol. The molecule has 1 aliphatic heterocycles. The first kappa shape index (κ1) is 19.8. The zero-order chi connectivity index (χ0) is 21.3. The molecule has 1 heterocycles. The zero-order valence-corrected chi connectivity index (χ0v) is 16.9. The first-order chi connectivity index (χ1) is 14.5. The minimum Gasteiger partial charge on any atom is -0.347 e. The van der Waals surface area contributed by atoms with Crippen molar-refractivity contribution >= 4 is 11.8 Å². The Balaban J connectivity index is 1.70. The van der Waals surface area contributed by atoms with Crippen LogP contribution >= 0.6 is 0 Å². The molecule has 3 aromatic rings. The number of carbonyl (C=O) groups is 2. The second kappa shape index (κ2) is 8.11. The van der Waals surface area contributed by atoms with Crippen LogP contribution in [0, 0.1) is 5.82 Å². The van der Waals surface area contributed by atoms with Crippen molar-refractivity contribution in [3.63, 3.8) is 0 Å². The average molecular weight is 402 g/mol. The minimum absolute atomic E-state index is 0.250. The number of amides is 2. The van der Waals surface area contributed by atoms with Gasteiger partial charge >= 0.3 is 0 Å². The Hall–Kier alpha value is -3.47. The van der Waals surface area contributed by atoms with Crippen LogP contribution in [0.5, 0.6) is 0 Å². The SMILES string of the molecule is CC(NC(=O)C1c2cc(F)ccc2C(=O)N1C(C)c1ccccc1)c1ccccc1. The van der Waals surface area contributed by atoms with E-state index in [9.17, 15) is 14.0 Å². The summed E-state index contributed by atoms with van der Waals surface area (Å²) in [6, 6.07) is 21.6. The average Bonchev–Trinajstić information content (AvgIpc) is 3.06. The number of halogens is 1. The standard InChI is InChI=1S/C25H23FN2O2/c1-16(18-9-5-3-6-10-18)27-24(29)23-22-15-20(26)13-14-21(22)25(30)28(23)17(2)19-11-7-4-8-12-19/h3-17,23H,1-2H3,(H,27,29). The molecule has 0 spiro atoms. The fourth-order valence-electron chi connectivity index (χ4n) is 4.04. The van der Waals surface area contributed by atoms with Gasteiger partial charge in [-0.25, -0.2) is 4.39 Å². The van der Waals surface area contributed by atoms with Crippen molar-refractivity contribution in [3.05, 3.63) is 107 Å². The van der Waals surface area contributed by atoms with Crippen LogP contribution in [0.1, 0.15) is 59.0 Å². The molecular weight excluding hydrogens is 379 g/mol. The first-order valence-corrected chi connectivity index (χ1v) is 9.99. The van der Waals surface area contributed by atoms with Gasteiger partial charge in [-0.15, -0.1) is 0 Å². The molecule has 4 nitrogen and oxygen atoms in total. The van der Waals surface area contributed by atoms with E-state index in [0.717, 1.165) is 11.1 Å². The van der Waals surface area contributed by atoms with Crippen molar-refractivity contribution in [2.75, 3.05) is 0 Å². The maximum atomic E-state index is 14.0. The van der Waals surface area contributed by atoms with E-state index < -0.39 is 11.9 Å². The number of fused-ring (bicyclic) bond motifs is 1. The largest absolute Gasteiger partial charge is 0.347 e. The van der Waals surface area contributed by atoms with Gasteiger partial charge in [0.2, 0.25) is 5.91 Å². The van der Waals surface area contributed by atoms with E-state index in [0.29, 0.717) is 11.1 Å². The van der Waals surface area contributed by atoms with Gasteiger partial charge in [0.1, 0.15) is 11.9 Å². The zero-order valence-electron chi connectivity index (χ0n) is 16.9. The Morgan fingerprint density at radius 3 is 2.17 bits per heavy atom. The second-order valence-corrected chi connectivity index (χ2v) is 7.57. The molecule has 30 heavy (non-hydrogen) atoms. The molecule has 0 aromatic heterocycles. The van der Waals surface area contributed by atoms with Crippen LogP contribution in [0.3, 0.4) is 0 Å². The third-order valence-electron chi connectivity index (χ3n) is 5.66. The fraction of sp³-hybridized carbons (Fsp3) is 0.200. The summed E-state index contributed by atoms with van der Waals surface area (Å²) in [6.45, 7) is 3.78. The number of carbonyl (C=O) groups excluding carboxylic acids is 2. The molecule has 0 radical (unpaired) electrons. The van der Waals surface area contributed by atoms with Gasteiger partial charge in [0.25, 0.3) is 5.91 Å². The summed E-state index contributed by atoms with van der Waals surface area (Å²) in [5, 5.41) is 3.00. The number of hydrogen-bond donors (Lipinski definition) is 1. The molecule has 0 aliphatic carbocycles. The van der Waals surface area contributed by atoms with Crippen LogP contribution < -0.4 is 5.32 Å². The lowest BCUT2D eigenvalue weighted by atomic mass is 10.0. The summed E-state index contributed by atoms with van der Waals surface area (Å²) < 4.78 is 14.0. The van der Waals surface area contributed by atoms with Gasteiger partial charge < -0.3 is 10.2 Å². The van der Waals surface area contributed by atoms with E-state index in [1.54, 1.807) is 4.90 Å². The number of hydrogen-bond acceptors (Lipinski definition) is 2. The predicted octanol–water partition coefficient (Wildman–Crippen LogP) is 4.96. The van der Waals surface area contributed by atoms with E-state index in [-0.39, 0.29) is 23.9 Å². The predicted molar refractivity (Wildman–Crippen MR) is 113 cm³/mol. The van der Waals surface area contributed by atoms with Gasteiger partial charge in [-0.3, -0.25) is 9.59 Å². The summed E-state index contributed by atoms with van der Waals surface area (Å²) in [6.07, 6.45) is 0. The molecule has 3 atom stereocenters. The molecule has 3 aromatic carbocycles. The van der Waals surface area contributed by atoms with Gasteiger partial charge in [-0.05, 0) is 48.7 Å². The van der Waals surface area contributed by atoms with Crippen LogP contribution in [0.25, 0.3) is 0 Å². The quantitative estimate of drug-likeness (QED) is 0.656. The number of nitrogens with zero attached hydrogens (tertiary/aromatic N) is 1. The van der Waals surface area contributed by atoms with Gasteiger partial charge in [0, 0.05) is 5.56 Å². The molecule has 0 saturated carbocycles. The van der Waals surface area contributed by atoms with Gasteiger partial charge in [0.15, 0.2) is 0 Å². The topological polar surface area (TPSA) is 49.4 Å². The Labute approximate surface area is 175 Å². The molecule has 1 aliphatic rings. The summed E-state index contributed by atoms with van der Waals surface area (Å²) in [5.74, 6) is -1.06. The van der Waals surface area contributed by atoms with Crippen molar-refractivity contribution in [3.8, 4) is 0 Å². The summed E-state index contributed by atoms with van der Waals surface area (Å²) in [7, 11) is 0. The lowest BCUT2D eigenvalue weighted by Gasteiger charge is -2.31. The molecule has 3 unspecified atom stereocenters. The Bertz CT molecular complexity index is 1070. The third kappa shape index (κ3) is 3.59. The highest BCUT2D eigenvalue weighted by Gasteiger charge is 2.44. The molecule has 5 heteroatoms. The second-order valence-electron chi connectivity index (χ2n) is 7.57. The Morgan fingerprint density at radius 2 is 1.53 bits per heavy atom. The van der Waals surface area contributed by atoms with Gasteiger partial charge in [0.05, 0.1) is 12.1 Å². The van der Waals surface area contributed by atoms with E-state index in [4.69, 9.17) is 0 Å². The summed E-state index contributed by atoms with van der Waals surface area (Å²) in [5.41, 5.74) is 2.64. The van der Waals surface area contributed by atoms with Crippen LogP contribution in [-0.2, 0) is 4.79 Å². The molecule has 0 bridgehead atoms. The highest BCUT2D eigenvalue weighted by atomic mass is 19.1. The van der Waals surface area contributed by atoms with E-state index in [2.05, 4.69) is 5.32 Å². The van der Waals surface area contributed by atoms with E-state index in [1.165, 1.54) is 18.2 Å². The first-order valence-electron chi connectivity index (χ1n) is 9.99. The minimum atomic E-state index is -0.899. The smallest absolute Gasteiger partial charge is 0.255 e. The number of benzene rings is 3. The lowest BCUT2D eigenvalue weighted by Crippen LogP contribution is -2.41. The number of nitrogens with one attached hydrogen (secondary N) is 1. The lowest BCUT2D eigenvalue weighted by molar-refractivity contribution is -0.126. The highest BCUT2D eigenvalue weighted by Crippen LogP contribution is 2.40. The highest BCUT2D eigenvalue weighted by molar-refractivity contribution is 6.05. The molecule has 4 rings (SSSR count). The van der Waals surface area contributed by atoms with Crippen molar-refractivity contribution in [2.24, 2.45) is 0 Å². The summed E-state index contributed by atoms with van der Waals surface area (Å²) in [4.78, 5) is 28.1. The van der Waals surface area contributed by atoms with Crippen LogP contribution in [-0.4, -0.2) is 16.7 Å². The van der Waals surface area contributed by atoms with Crippen molar-refractivity contribution < 1.29 is 14.0 Å². The van der Waals surface area contributed by atoms with Crippen molar-refractivity contribution in [1.82, 2.24) is 10.2 Å². The normalized spacial score (nSPS) is 17.4. The molecule has 152 valence electrons. The van der Waals surface area contributed by atoms with Gasteiger partial charge in [-0.2, -0.15) is 0 Å². The molecular formula is C25H23FN2O2. The van der Waals surface area contributed by atoms with Gasteiger partial charge in [-0.1, -0.05) is 60.7 Å². The maximum absolute atomic E-state index is 14.0. The fourth-order valence-corrected chi connectivity index (χ4v) is 4.04.